The molecule has 5 heteroatoms. The molecule has 0 heterocycles. The second kappa shape index (κ2) is 6.24. The lowest BCUT2D eigenvalue weighted by molar-refractivity contribution is 0.397. The highest BCUT2D eigenvalue weighted by atomic mass is 79.9. The van der Waals surface area contributed by atoms with Crippen LogP contribution in [-0.2, 0) is 0 Å². The van der Waals surface area contributed by atoms with Gasteiger partial charge >= 0.3 is 0 Å². The number of methoxy groups -OCH3 is 1. The van der Waals surface area contributed by atoms with E-state index >= 15 is 0 Å². The molecule has 2 N–H and O–H groups in total. The second-order valence-electron chi connectivity index (χ2n) is 4.34. The van der Waals surface area contributed by atoms with Crippen LogP contribution in [-0.4, -0.2) is 7.11 Å². The molecule has 1 atom stereocenters. The summed E-state index contributed by atoms with van der Waals surface area (Å²) in [6.45, 7) is 1.85. The summed E-state index contributed by atoms with van der Waals surface area (Å²) in [6.07, 6.45) is 0. The number of hydrogen-bond donors (Lipinski definition) is 1. The van der Waals surface area contributed by atoms with Gasteiger partial charge in [0.05, 0.1) is 17.1 Å². The van der Waals surface area contributed by atoms with Crippen LogP contribution in [0.5, 0.6) is 17.2 Å². The number of ether oxygens (including phenoxy) is 2. The Labute approximate surface area is 125 Å². The van der Waals surface area contributed by atoms with E-state index in [1.165, 1.54) is 6.07 Å². The van der Waals surface area contributed by atoms with Gasteiger partial charge in [-0.15, -0.1) is 0 Å². The van der Waals surface area contributed by atoms with Crippen LogP contribution in [0.15, 0.2) is 40.9 Å². The van der Waals surface area contributed by atoms with Crippen LogP contribution in [0.25, 0.3) is 0 Å². The Bertz CT molecular complexity index is 617. The summed E-state index contributed by atoms with van der Waals surface area (Å²) < 4.78 is 24.7. The first kappa shape index (κ1) is 14.8. The van der Waals surface area contributed by atoms with Crippen molar-refractivity contribution in [1.29, 1.82) is 0 Å². The van der Waals surface area contributed by atoms with Crippen molar-refractivity contribution in [3.05, 3.63) is 52.3 Å². The Hall–Kier alpha value is -1.59. The summed E-state index contributed by atoms with van der Waals surface area (Å²) in [4.78, 5) is 0. The molecule has 106 valence electrons. The largest absolute Gasteiger partial charge is 0.496 e. The molecule has 0 saturated carbocycles. The lowest BCUT2D eigenvalue weighted by Crippen LogP contribution is -2.08. The summed E-state index contributed by atoms with van der Waals surface area (Å²) in [7, 11) is 1.58. The molecule has 0 aliphatic rings. The lowest BCUT2D eigenvalue weighted by Gasteiger charge is -2.17. The molecule has 2 aromatic rings. The van der Waals surface area contributed by atoms with Crippen LogP contribution in [0, 0.1) is 5.82 Å². The van der Waals surface area contributed by atoms with Gasteiger partial charge in [0.1, 0.15) is 23.1 Å². The quantitative estimate of drug-likeness (QED) is 0.897. The highest BCUT2D eigenvalue weighted by molar-refractivity contribution is 9.10. The Kier molecular flexibility index (Phi) is 4.62. The molecular formula is C15H15BrFNO2. The summed E-state index contributed by atoms with van der Waals surface area (Å²) in [5, 5.41) is 0. The number of halogens is 2. The molecule has 0 saturated heterocycles. The smallest absolute Gasteiger partial charge is 0.137 e. The molecule has 1 unspecified atom stereocenters. The maximum atomic E-state index is 13.2. The minimum atomic E-state index is -0.338. The molecule has 2 aromatic carbocycles. The minimum Gasteiger partial charge on any atom is -0.496 e. The Morgan fingerprint density at radius 2 is 1.90 bits per heavy atom. The first-order chi connectivity index (χ1) is 9.52. The van der Waals surface area contributed by atoms with E-state index < -0.39 is 0 Å². The predicted octanol–water partition coefficient (Wildman–Crippen LogP) is 4.41. The number of hydrogen-bond acceptors (Lipinski definition) is 3. The van der Waals surface area contributed by atoms with Crippen molar-refractivity contribution in [2.45, 2.75) is 13.0 Å². The Balaban J connectivity index is 2.40. The zero-order valence-corrected chi connectivity index (χ0v) is 12.8. The number of rotatable bonds is 4. The van der Waals surface area contributed by atoms with E-state index in [0.29, 0.717) is 21.7 Å². The third-order valence-electron chi connectivity index (χ3n) is 2.82. The van der Waals surface area contributed by atoms with Gasteiger partial charge in [-0.25, -0.2) is 4.39 Å². The van der Waals surface area contributed by atoms with E-state index in [2.05, 4.69) is 15.9 Å². The molecule has 0 radical (unpaired) electrons. The molecule has 0 aromatic heterocycles. The normalized spacial score (nSPS) is 12.1. The van der Waals surface area contributed by atoms with Crippen molar-refractivity contribution in [3.63, 3.8) is 0 Å². The average Bonchev–Trinajstić information content (AvgIpc) is 2.42. The zero-order chi connectivity index (χ0) is 14.7. The first-order valence-corrected chi connectivity index (χ1v) is 6.87. The van der Waals surface area contributed by atoms with Gasteiger partial charge in [-0.2, -0.15) is 0 Å². The fourth-order valence-corrected chi connectivity index (χ4v) is 2.26. The van der Waals surface area contributed by atoms with Gasteiger partial charge in [-0.1, -0.05) is 6.07 Å². The molecule has 0 amide bonds. The van der Waals surface area contributed by atoms with E-state index in [1.54, 1.807) is 25.3 Å². The molecular weight excluding hydrogens is 325 g/mol. The molecule has 2 rings (SSSR count). The average molecular weight is 340 g/mol. The van der Waals surface area contributed by atoms with Crippen molar-refractivity contribution < 1.29 is 13.9 Å². The first-order valence-electron chi connectivity index (χ1n) is 6.08. The fraction of sp³-hybridized carbons (Fsp3) is 0.200. The van der Waals surface area contributed by atoms with Crippen molar-refractivity contribution in [1.82, 2.24) is 0 Å². The standard InChI is InChI=1S/C15H15BrFNO2/c1-9(18)15-13(19-2)4-3-5-14(15)20-10-6-7-12(17)11(16)8-10/h3-9H,18H2,1-2H3. The monoisotopic (exact) mass is 339 g/mol. The van der Waals surface area contributed by atoms with Gasteiger partial charge in [0, 0.05) is 6.04 Å². The van der Waals surface area contributed by atoms with E-state index in [0.717, 1.165) is 5.56 Å². The van der Waals surface area contributed by atoms with Crippen molar-refractivity contribution >= 4 is 15.9 Å². The van der Waals surface area contributed by atoms with E-state index in [4.69, 9.17) is 15.2 Å². The van der Waals surface area contributed by atoms with Crippen LogP contribution in [0.3, 0.4) is 0 Å². The fourth-order valence-electron chi connectivity index (χ4n) is 1.91. The lowest BCUT2D eigenvalue weighted by atomic mass is 10.1. The molecule has 20 heavy (non-hydrogen) atoms. The van der Waals surface area contributed by atoms with Gasteiger partial charge in [0.25, 0.3) is 0 Å². The molecule has 0 spiro atoms. The maximum Gasteiger partial charge on any atom is 0.137 e. The molecule has 0 aliphatic carbocycles. The van der Waals surface area contributed by atoms with Crippen molar-refractivity contribution in [2.75, 3.05) is 7.11 Å². The highest BCUT2D eigenvalue weighted by Crippen LogP contribution is 2.36. The topological polar surface area (TPSA) is 44.5 Å². The second-order valence-corrected chi connectivity index (χ2v) is 5.19. The van der Waals surface area contributed by atoms with Gasteiger partial charge in [0.15, 0.2) is 0 Å². The minimum absolute atomic E-state index is 0.245. The summed E-state index contributed by atoms with van der Waals surface area (Å²) in [6, 6.07) is 9.67. The third-order valence-corrected chi connectivity index (χ3v) is 3.43. The summed E-state index contributed by atoms with van der Waals surface area (Å²) >= 11 is 3.13. The summed E-state index contributed by atoms with van der Waals surface area (Å²) in [5.41, 5.74) is 6.74. The molecule has 3 nitrogen and oxygen atoms in total. The number of benzene rings is 2. The van der Waals surface area contributed by atoms with Crippen LogP contribution in [0.4, 0.5) is 4.39 Å². The molecule has 0 aliphatic heterocycles. The Morgan fingerprint density at radius 1 is 1.20 bits per heavy atom. The van der Waals surface area contributed by atoms with Crippen LogP contribution in [0.1, 0.15) is 18.5 Å². The van der Waals surface area contributed by atoms with Crippen LogP contribution < -0.4 is 15.2 Å². The van der Waals surface area contributed by atoms with Crippen molar-refractivity contribution in [2.24, 2.45) is 5.73 Å². The SMILES string of the molecule is COc1cccc(Oc2ccc(F)c(Br)c2)c1C(C)N. The van der Waals surface area contributed by atoms with E-state index in [-0.39, 0.29) is 11.9 Å². The molecule has 0 bridgehead atoms. The highest BCUT2D eigenvalue weighted by Gasteiger charge is 2.15. The zero-order valence-electron chi connectivity index (χ0n) is 11.2. The van der Waals surface area contributed by atoms with Crippen LogP contribution >= 0.6 is 15.9 Å². The van der Waals surface area contributed by atoms with E-state index in [1.807, 2.05) is 19.1 Å². The van der Waals surface area contributed by atoms with Gasteiger partial charge in [-0.3, -0.25) is 0 Å². The third kappa shape index (κ3) is 3.11. The summed E-state index contributed by atoms with van der Waals surface area (Å²) in [5.74, 6) is 1.44. The van der Waals surface area contributed by atoms with Crippen molar-refractivity contribution in [3.8, 4) is 17.2 Å². The van der Waals surface area contributed by atoms with Crippen LogP contribution in [0.2, 0.25) is 0 Å². The van der Waals surface area contributed by atoms with E-state index in [9.17, 15) is 4.39 Å². The maximum absolute atomic E-state index is 13.2. The Morgan fingerprint density at radius 3 is 2.50 bits per heavy atom. The predicted molar refractivity (Wildman–Crippen MR) is 79.8 cm³/mol. The van der Waals surface area contributed by atoms with Gasteiger partial charge < -0.3 is 15.2 Å². The number of nitrogens with two attached hydrogens (primary N) is 1. The molecule has 0 fully saturated rings. The van der Waals surface area contributed by atoms with Gasteiger partial charge in [-0.05, 0) is 53.2 Å². The van der Waals surface area contributed by atoms with Gasteiger partial charge in [0.2, 0.25) is 0 Å².